The van der Waals surface area contributed by atoms with Gasteiger partial charge in [-0.2, -0.15) is 0 Å². The van der Waals surface area contributed by atoms with Gasteiger partial charge in [-0.05, 0) is 67.0 Å². The van der Waals surface area contributed by atoms with E-state index in [2.05, 4.69) is 35.6 Å². The highest BCUT2D eigenvalue weighted by Gasteiger charge is 2.55. The molecule has 200 valence electrons. The number of fused-ring (bicyclic) bond motifs is 3. The van der Waals surface area contributed by atoms with Crippen LogP contribution in [0.1, 0.15) is 42.4 Å². The smallest absolute Gasteiger partial charge is 0.211 e. The minimum Gasteiger partial charge on any atom is -0.515 e. The van der Waals surface area contributed by atoms with Crippen LogP contribution >= 0.6 is 0 Å². The van der Waals surface area contributed by atoms with Crippen molar-refractivity contribution in [3.8, 4) is 22.4 Å². The summed E-state index contributed by atoms with van der Waals surface area (Å²) in [4.78, 5) is 34.1. The molecule has 1 aromatic heterocycles. The van der Waals surface area contributed by atoms with E-state index in [1.165, 1.54) is 0 Å². The van der Waals surface area contributed by atoms with E-state index in [1.54, 1.807) is 0 Å². The molecule has 6 heteroatoms. The first kappa shape index (κ1) is 25.7. The first-order chi connectivity index (χ1) is 19.5. The third-order valence-corrected chi connectivity index (χ3v) is 8.71. The summed E-state index contributed by atoms with van der Waals surface area (Å²) in [6.07, 6.45) is 3.69. The van der Waals surface area contributed by atoms with Crippen molar-refractivity contribution in [2.75, 3.05) is 5.32 Å². The summed E-state index contributed by atoms with van der Waals surface area (Å²) in [6, 6.07) is 26.4. The summed E-state index contributed by atoms with van der Waals surface area (Å²) < 4.78 is 0. The molecule has 3 atom stereocenters. The standard InChI is InChI=1S/C34H31N3O3/c1-21-30-16-15-29-31(25-8-6-7-24(17-25)23-11-13-28(14-12-23)35-20-39)36-22(2)37-33(29)34(30,18-26(19-38)32(21)40)27-9-4-3-5-10-27/h3-14,17,19-21,30,38H,15-16,18H2,1-2H3,(H,35,39)/t21-,30-,34+/m0/s1. The van der Waals surface area contributed by atoms with Crippen molar-refractivity contribution in [1.82, 2.24) is 9.97 Å². The number of benzene rings is 3. The molecule has 0 bridgehead atoms. The molecule has 2 N–H and O–H groups in total. The molecule has 2 aliphatic carbocycles. The largest absolute Gasteiger partial charge is 0.515 e. The van der Waals surface area contributed by atoms with E-state index in [-0.39, 0.29) is 17.6 Å². The maximum absolute atomic E-state index is 13.2. The van der Waals surface area contributed by atoms with Gasteiger partial charge < -0.3 is 10.4 Å². The molecule has 1 heterocycles. The summed E-state index contributed by atoms with van der Waals surface area (Å²) in [5, 5.41) is 12.8. The number of nitrogens with zero attached hydrogens (tertiary/aromatic N) is 2. The zero-order chi connectivity index (χ0) is 27.9. The predicted molar refractivity (Wildman–Crippen MR) is 156 cm³/mol. The van der Waals surface area contributed by atoms with Gasteiger partial charge in [-0.15, -0.1) is 0 Å². The minimum absolute atomic E-state index is 0.0237. The quantitative estimate of drug-likeness (QED) is 0.173. The molecule has 0 radical (unpaired) electrons. The number of aromatic nitrogens is 2. The van der Waals surface area contributed by atoms with E-state index in [0.29, 0.717) is 24.2 Å². The van der Waals surface area contributed by atoms with Gasteiger partial charge in [-0.1, -0.05) is 67.6 Å². The second-order valence-corrected chi connectivity index (χ2v) is 10.8. The van der Waals surface area contributed by atoms with Crippen molar-refractivity contribution >= 4 is 17.9 Å². The monoisotopic (exact) mass is 529 g/mol. The Bertz CT molecular complexity index is 1630. The zero-order valence-electron chi connectivity index (χ0n) is 22.6. The van der Waals surface area contributed by atoms with Crippen molar-refractivity contribution < 1.29 is 14.7 Å². The molecule has 40 heavy (non-hydrogen) atoms. The van der Waals surface area contributed by atoms with Gasteiger partial charge in [0.1, 0.15) is 5.82 Å². The first-order valence-electron chi connectivity index (χ1n) is 13.7. The van der Waals surface area contributed by atoms with E-state index >= 15 is 0 Å². The number of Topliss-reactive ketones (excluding diaryl/α,β-unsaturated/α-hetero) is 1. The number of hydrogen-bond donors (Lipinski definition) is 2. The molecule has 2 aliphatic rings. The van der Waals surface area contributed by atoms with Crippen LogP contribution in [-0.4, -0.2) is 27.3 Å². The molecule has 0 unspecified atom stereocenters. The molecule has 0 saturated heterocycles. The Kier molecular flexibility index (Phi) is 6.54. The predicted octanol–water partition coefficient (Wildman–Crippen LogP) is 6.59. The topological polar surface area (TPSA) is 92.2 Å². The number of nitrogens with one attached hydrogen (secondary N) is 1. The highest BCUT2D eigenvalue weighted by molar-refractivity contribution is 5.98. The van der Waals surface area contributed by atoms with Gasteiger partial charge in [-0.3, -0.25) is 9.59 Å². The number of carbonyl (C=O) groups excluding carboxylic acids is 2. The summed E-state index contributed by atoms with van der Waals surface area (Å²) in [5.41, 5.74) is 7.84. The van der Waals surface area contributed by atoms with Gasteiger partial charge in [0, 0.05) is 33.7 Å². The van der Waals surface area contributed by atoms with Crippen LogP contribution < -0.4 is 5.32 Å². The summed E-state index contributed by atoms with van der Waals surface area (Å²) >= 11 is 0. The number of ketones is 1. The third-order valence-electron chi connectivity index (χ3n) is 8.71. The molecular formula is C34H31N3O3. The highest BCUT2D eigenvalue weighted by atomic mass is 16.2. The van der Waals surface area contributed by atoms with Crippen LogP contribution in [-0.2, 0) is 21.4 Å². The Morgan fingerprint density at radius 1 is 0.950 bits per heavy atom. The van der Waals surface area contributed by atoms with Gasteiger partial charge in [0.2, 0.25) is 6.41 Å². The molecule has 6 rings (SSSR count). The fraction of sp³-hybridized carbons (Fsp3) is 0.235. The van der Waals surface area contributed by atoms with Crippen molar-refractivity contribution in [1.29, 1.82) is 0 Å². The average Bonchev–Trinajstić information content (AvgIpc) is 2.99. The van der Waals surface area contributed by atoms with Crippen LogP contribution in [0.3, 0.4) is 0 Å². The van der Waals surface area contributed by atoms with E-state index < -0.39 is 5.41 Å². The number of aryl methyl sites for hydroxylation is 1. The molecule has 1 saturated carbocycles. The van der Waals surface area contributed by atoms with Gasteiger partial charge in [-0.25, -0.2) is 9.97 Å². The SMILES string of the molecule is Cc1nc(-c2cccc(-c3ccc(NC=O)cc3)c2)c2c(n1)[C@@]1(c3ccccc3)CC(=CO)C(=O)[C@@H](C)[C@@H]1CC2. The lowest BCUT2D eigenvalue weighted by atomic mass is 9.52. The average molecular weight is 530 g/mol. The fourth-order valence-electron chi connectivity index (χ4n) is 6.89. The van der Waals surface area contributed by atoms with E-state index in [0.717, 1.165) is 64.0 Å². The Morgan fingerprint density at radius 2 is 1.70 bits per heavy atom. The summed E-state index contributed by atoms with van der Waals surface area (Å²) in [6.45, 7) is 3.92. The first-order valence-corrected chi connectivity index (χ1v) is 13.7. The van der Waals surface area contributed by atoms with Gasteiger partial charge >= 0.3 is 0 Å². The van der Waals surface area contributed by atoms with Crippen LogP contribution in [0.2, 0.25) is 0 Å². The minimum atomic E-state index is -0.543. The molecule has 0 aliphatic heterocycles. The zero-order valence-corrected chi connectivity index (χ0v) is 22.6. The molecule has 3 aromatic carbocycles. The molecule has 0 spiro atoms. The van der Waals surface area contributed by atoms with Crippen LogP contribution in [0.15, 0.2) is 90.7 Å². The summed E-state index contributed by atoms with van der Waals surface area (Å²) in [5.74, 6) is 0.527. The number of rotatable bonds is 5. The molecular weight excluding hydrogens is 498 g/mol. The molecule has 1 fully saturated rings. The van der Waals surface area contributed by atoms with E-state index in [9.17, 15) is 14.7 Å². The van der Waals surface area contributed by atoms with Crippen molar-refractivity contribution in [3.63, 3.8) is 0 Å². The Morgan fingerprint density at radius 3 is 2.42 bits per heavy atom. The number of anilines is 1. The van der Waals surface area contributed by atoms with Crippen molar-refractivity contribution in [2.45, 2.75) is 38.5 Å². The number of allylic oxidation sites excluding steroid dienone is 1. The molecule has 1 amide bonds. The normalized spacial score (nSPS) is 22.9. The third kappa shape index (κ3) is 4.11. The van der Waals surface area contributed by atoms with Gasteiger partial charge in [0.05, 0.1) is 17.6 Å². The number of amides is 1. The fourth-order valence-corrected chi connectivity index (χ4v) is 6.89. The highest BCUT2D eigenvalue weighted by Crippen LogP contribution is 2.56. The summed E-state index contributed by atoms with van der Waals surface area (Å²) in [7, 11) is 0. The lowest BCUT2D eigenvalue weighted by Crippen LogP contribution is -2.51. The lowest BCUT2D eigenvalue weighted by Gasteiger charge is -2.51. The maximum Gasteiger partial charge on any atom is 0.211 e. The number of aliphatic hydroxyl groups excluding tert-OH is 1. The maximum atomic E-state index is 13.2. The van der Waals surface area contributed by atoms with Crippen molar-refractivity contribution in [2.24, 2.45) is 11.8 Å². The van der Waals surface area contributed by atoms with Crippen LogP contribution in [0.5, 0.6) is 0 Å². The van der Waals surface area contributed by atoms with Gasteiger partial charge in [0.15, 0.2) is 5.78 Å². The van der Waals surface area contributed by atoms with E-state index in [4.69, 9.17) is 9.97 Å². The lowest BCUT2D eigenvalue weighted by molar-refractivity contribution is -0.123. The van der Waals surface area contributed by atoms with Crippen LogP contribution in [0.4, 0.5) is 5.69 Å². The van der Waals surface area contributed by atoms with Crippen LogP contribution in [0.25, 0.3) is 22.4 Å². The van der Waals surface area contributed by atoms with Crippen molar-refractivity contribution in [3.05, 3.63) is 113 Å². The van der Waals surface area contributed by atoms with Gasteiger partial charge in [0.25, 0.3) is 0 Å². The second-order valence-electron chi connectivity index (χ2n) is 10.8. The van der Waals surface area contributed by atoms with Crippen LogP contribution in [0, 0.1) is 18.8 Å². The number of hydrogen-bond acceptors (Lipinski definition) is 5. The van der Waals surface area contributed by atoms with E-state index in [1.807, 2.05) is 62.4 Å². The molecule has 4 aromatic rings. The second kappa shape index (κ2) is 10.2. The molecule has 6 nitrogen and oxygen atoms in total. The Hall–Kier alpha value is -4.58. The number of carbonyl (C=O) groups is 2. The Labute approximate surface area is 233 Å². The Balaban J connectivity index is 1.53. The number of aliphatic hydroxyl groups is 1.